The number of pyridine rings is 1. The first-order valence-electron chi connectivity index (χ1n) is 11.9. The molecule has 0 spiro atoms. The minimum absolute atomic E-state index is 0.0505. The highest BCUT2D eigenvalue weighted by Crippen LogP contribution is 2.35. The Morgan fingerprint density at radius 3 is 2.45 bits per heavy atom. The number of fused-ring (bicyclic) bond motifs is 1. The number of nitrogens with one attached hydrogen (secondary N) is 1. The zero-order valence-corrected chi connectivity index (χ0v) is 24.0. The van der Waals surface area contributed by atoms with Gasteiger partial charge >= 0.3 is 5.69 Å². The third-order valence-electron chi connectivity index (χ3n) is 6.50. The largest absolute Gasteiger partial charge is 0.493 e. The molecule has 3 heterocycles. The van der Waals surface area contributed by atoms with E-state index in [1.54, 1.807) is 24.3 Å². The number of carbonyl (C=O) groups is 1. The lowest BCUT2D eigenvalue weighted by atomic mass is 9.96. The molecule has 2 aromatic carbocycles. The normalized spacial score (nSPS) is 15.1. The summed E-state index contributed by atoms with van der Waals surface area (Å²) in [6, 6.07) is 13.7. The second kappa shape index (κ2) is 10.8. The predicted octanol–water partition coefficient (Wildman–Crippen LogP) is 4.57. The molecule has 1 aliphatic rings. The van der Waals surface area contributed by atoms with E-state index in [4.69, 9.17) is 34.8 Å². The molecule has 0 saturated carbocycles. The number of nitrogens with zero attached hydrogens (tertiary/aromatic N) is 4. The number of hydrogen-bond donors (Lipinski definition) is 2. The summed E-state index contributed by atoms with van der Waals surface area (Å²) < 4.78 is 31.3. The number of carbonyl (C=O) groups excluding carboxylic acids is 1. The smallest absolute Gasteiger partial charge is 0.330 e. The van der Waals surface area contributed by atoms with Crippen molar-refractivity contribution < 1.29 is 18.3 Å². The van der Waals surface area contributed by atoms with E-state index >= 15 is 0 Å². The van der Waals surface area contributed by atoms with Crippen LogP contribution in [0, 0.1) is 5.92 Å². The van der Waals surface area contributed by atoms with Crippen molar-refractivity contribution in [3.8, 4) is 5.88 Å². The summed E-state index contributed by atoms with van der Waals surface area (Å²) in [6.45, 7) is 0.0133. The van der Waals surface area contributed by atoms with Gasteiger partial charge in [0, 0.05) is 31.1 Å². The number of anilines is 2. The van der Waals surface area contributed by atoms with Crippen molar-refractivity contribution in [3.63, 3.8) is 0 Å². The van der Waals surface area contributed by atoms with Crippen LogP contribution in [0.25, 0.3) is 0 Å². The van der Waals surface area contributed by atoms with Gasteiger partial charge in [-0.25, -0.2) is 22.5 Å². The van der Waals surface area contributed by atoms with Crippen LogP contribution in [0.4, 0.5) is 11.6 Å². The molecule has 0 fully saturated rings. The summed E-state index contributed by atoms with van der Waals surface area (Å²) >= 11 is 18.4. The van der Waals surface area contributed by atoms with Gasteiger partial charge < -0.3 is 10.4 Å². The number of aromatic nitrogens is 3. The van der Waals surface area contributed by atoms with Crippen LogP contribution in [0.1, 0.15) is 15.9 Å². The van der Waals surface area contributed by atoms with Crippen LogP contribution < -0.4 is 15.3 Å². The Morgan fingerprint density at radius 1 is 1.10 bits per heavy atom. The van der Waals surface area contributed by atoms with Crippen LogP contribution in [0.3, 0.4) is 0 Å². The lowest BCUT2D eigenvalue weighted by Gasteiger charge is -2.34. The van der Waals surface area contributed by atoms with Crippen molar-refractivity contribution in [3.05, 3.63) is 97.5 Å². The van der Waals surface area contributed by atoms with E-state index in [0.29, 0.717) is 12.0 Å². The van der Waals surface area contributed by atoms with Gasteiger partial charge in [0.2, 0.25) is 5.88 Å². The standard InChI is InChI=1S/C26H22Cl3N5O5S/c1-32-14-22(35)33(26(32)37)12-15-10-16-8-9-21(31-25(36)23-19(28)6-3-7-20(23)29)30-24(16)34(13-15)40(38,39)18-5-2-4-17(27)11-18/h2-9,11,14-15,35H,10,12-13H2,1H3,(H,30,31,36). The Kier molecular flexibility index (Phi) is 7.58. The van der Waals surface area contributed by atoms with Crippen molar-refractivity contribution in [1.82, 2.24) is 14.1 Å². The lowest BCUT2D eigenvalue weighted by molar-refractivity contribution is 0.102. The van der Waals surface area contributed by atoms with Crippen molar-refractivity contribution >= 4 is 62.4 Å². The molecule has 208 valence electrons. The minimum Gasteiger partial charge on any atom is -0.493 e. The highest BCUT2D eigenvalue weighted by atomic mass is 35.5. The summed E-state index contributed by atoms with van der Waals surface area (Å²) in [4.78, 5) is 29.9. The zero-order valence-electron chi connectivity index (χ0n) is 20.9. The van der Waals surface area contributed by atoms with Crippen molar-refractivity contribution in [2.24, 2.45) is 13.0 Å². The fourth-order valence-electron chi connectivity index (χ4n) is 4.62. The molecule has 4 aromatic rings. The molecule has 0 saturated heterocycles. The van der Waals surface area contributed by atoms with Gasteiger partial charge in [0.25, 0.3) is 15.9 Å². The number of rotatable bonds is 6. The van der Waals surface area contributed by atoms with Crippen molar-refractivity contribution in [2.75, 3.05) is 16.2 Å². The Morgan fingerprint density at radius 2 is 1.80 bits per heavy atom. The number of aryl methyl sites for hydroxylation is 1. The summed E-state index contributed by atoms with van der Waals surface area (Å²) in [5.41, 5.74) is 0.197. The van der Waals surface area contributed by atoms with Crippen LogP contribution in [0.5, 0.6) is 5.88 Å². The Bertz CT molecular complexity index is 1780. The molecule has 1 unspecified atom stereocenters. The van der Waals surface area contributed by atoms with Gasteiger partial charge in [0.15, 0.2) is 0 Å². The Labute approximate surface area is 244 Å². The molecule has 2 N–H and O–H groups in total. The maximum atomic E-state index is 13.9. The van der Waals surface area contributed by atoms with Crippen LogP contribution in [-0.2, 0) is 30.0 Å². The molecule has 1 amide bonds. The van der Waals surface area contributed by atoms with Gasteiger partial charge in [-0.2, -0.15) is 0 Å². The number of amides is 1. The molecule has 0 aliphatic carbocycles. The van der Waals surface area contributed by atoms with Gasteiger partial charge in [0.05, 0.1) is 26.7 Å². The van der Waals surface area contributed by atoms with Crippen LogP contribution in [-0.4, -0.2) is 40.1 Å². The minimum atomic E-state index is -4.17. The van der Waals surface area contributed by atoms with Crippen molar-refractivity contribution in [2.45, 2.75) is 17.9 Å². The number of aromatic hydroxyl groups is 1. The summed E-state index contributed by atoms with van der Waals surface area (Å²) in [5, 5.41) is 13.4. The van der Waals surface area contributed by atoms with E-state index in [2.05, 4.69) is 10.3 Å². The third-order valence-corrected chi connectivity index (χ3v) is 9.12. The zero-order chi connectivity index (χ0) is 28.8. The van der Waals surface area contributed by atoms with E-state index in [9.17, 15) is 23.1 Å². The van der Waals surface area contributed by atoms with E-state index < -0.39 is 27.5 Å². The molecule has 14 heteroatoms. The molecule has 0 radical (unpaired) electrons. The average Bonchev–Trinajstić information content (AvgIpc) is 3.14. The molecule has 1 atom stereocenters. The van der Waals surface area contributed by atoms with Crippen LogP contribution in [0.2, 0.25) is 15.1 Å². The molecular weight excluding hydrogens is 601 g/mol. The maximum Gasteiger partial charge on any atom is 0.330 e. The Balaban J connectivity index is 1.54. The van der Waals surface area contributed by atoms with E-state index in [1.165, 1.54) is 52.7 Å². The second-order valence-corrected chi connectivity index (χ2v) is 12.4. The summed E-state index contributed by atoms with van der Waals surface area (Å²) in [7, 11) is -2.66. The van der Waals surface area contributed by atoms with Gasteiger partial charge in [-0.05, 0) is 48.4 Å². The van der Waals surface area contributed by atoms with Crippen LogP contribution in [0.15, 0.2) is 70.5 Å². The number of hydrogen-bond acceptors (Lipinski definition) is 6. The van der Waals surface area contributed by atoms with Gasteiger partial charge in [-0.3, -0.25) is 13.9 Å². The van der Waals surface area contributed by atoms with Gasteiger partial charge in [0.1, 0.15) is 11.6 Å². The summed E-state index contributed by atoms with van der Waals surface area (Å²) in [6.07, 6.45) is 1.65. The molecule has 2 aromatic heterocycles. The third kappa shape index (κ3) is 5.29. The van der Waals surface area contributed by atoms with E-state index in [1.807, 2.05) is 0 Å². The van der Waals surface area contributed by atoms with E-state index in [-0.39, 0.29) is 56.1 Å². The first-order valence-corrected chi connectivity index (χ1v) is 14.5. The van der Waals surface area contributed by atoms with Gasteiger partial charge in [-0.1, -0.05) is 53.0 Å². The highest BCUT2D eigenvalue weighted by molar-refractivity contribution is 7.92. The Hall–Kier alpha value is -3.51. The molecule has 0 bridgehead atoms. The average molecular weight is 623 g/mol. The topological polar surface area (TPSA) is 127 Å². The number of imidazole rings is 1. The molecule has 40 heavy (non-hydrogen) atoms. The maximum absolute atomic E-state index is 13.9. The molecular formula is C26H22Cl3N5O5S. The SMILES string of the molecule is Cn1cc(O)n(CC2Cc3ccc(NC(=O)c4c(Cl)cccc4Cl)nc3N(S(=O)(=O)c3cccc(Cl)c3)C2)c1=O. The fourth-order valence-corrected chi connectivity index (χ4v) is 7.02. The van der Waals surface area contributed by atoms with Crippen molar-refractivity contribution in [1.29, 1.82) is 0 Å². The number of halogens is 3. The summed E-state index contributed by atoms with van der Waals surface area (Å²) in [5.74, 6) is -1.03. The molecule has 10 nitrogen and oxygen atoms in total. The quantitative estimate of drug-likeness (QED) is 0.325. The first kappa shape index (κ1) is 28.0. The van der Waals surface area contributed by atoms with Gasteiger partial charge in [-0.15, -0.1) is 0 Å². The number of benzene rings is 2. The molecule has 1 aliphatic heterocycles. The number of sulfonamides is 1. The highest BCUT2D eigenvalue weighted by Gasteiger charge is 2.36. The lowest BCUT2D eigenvalue weighted by Crippen LogP contribution is -2.42. The molecule has 5 rings (SSSR count). The monoisotopic (exact) mass is 621 g/mol. The van der Waals surface area contributed by atoms with E-state index in [0.717, 1.165) is 4.31 Å². The predicted molar refractivity (Wildman–Crippen MR) is 153 cm³/mol. The van der Waals surface area contributed by atoms with Crippen LogP contribution >= 0.6 is 34.8 Å². The second-order valence-electron chi connectivity index (χ2n) is 9.29. The first-order chi connectivity index (χ1) is 19.0. The fraction of sp³-hybridized carbons (Fsp3) is 0.192.